The number of aryl methyl sites for hydroxylation is 1. The van der Waals surface area contributed by atoms with Gasteiger partial charge in [-0.2, -0.15) is 5.26 Å². The number of methoxy groups -OCH3 is 1. The smallest absolute Gasteiger partial charge is 0.331 e. The molecule has 0 atom stereocenters. The molecule has 0 unspecified atom stereocenters. The lowest BCUT2D eigenvalue weighted by atomic mass is 10.1. The lowest BCUT2D eigenvalue weighted by Gasteiger charge is -2.10. The zero-order chi connectivity index (χ0) is 19.1. The predicted octanol–water partition coefficient (Wildman–Crippen LogP) is 0.269. The molecule has 136 valence electrons. The summed E-state index contributed by atoms with van der Waals surface area (Å²) >= 11 is 0. The van der Waals surface area contributed by atoms with E-state index in [1.807, 2.05) is 24.3 Å². The standard InChI is InChI=1S/C18H20N4O4/c1-3-21-11-14(10-19)17(24)22(18(21)25)12-16(23)20-9-8-13-4-6-15(26-2)7-5-13/h4-7,11H,3,8-9,12H2,1-2H3,(H,20,23). The van der Waals surface area contributed by atoms with E-state index in [4.69, 9.17) is 10.00 Å². The highest BCUT2D eigenvalue weighted by Gasteiger charge is 2.13. The number of carbonyl (C=O) groups excluding carboxylic acids is 1. The van der Waals surface area contributed by atoms with E-state index < -0.39 is 23.7 Å². The Morgan fingerprint density at radius 3 is 2.54 bits per heavy atom. The first-order valence-electron chi connectivity index (χ1n) is 8.14. The Morgan fingerprint density at radius 1 is 1.27 bits per heavy atom. The molecule has 8 heteroatoms. The van der Waals surface area contributed by atoms with E-state index in [-0.39, 0.29) is 5.56 Å². The van der Waals surface area contributed by atoms with E-state index in [0.29, 0.717) is 19.5 Å². The van der Waals surface area contributed by atoms with Gasteiger partial charge in [-0.3, -0.25) is 14.2 Å². The van der Waals surface area contributed by atoms with Crippen molar-refractivity contribution in [3.05, 3.63) is 62.4 Å². The highest BCUT2D eigenvalue weighted by Crippen LogP contribution is 2.11. The van der Waals surface area contributed by atoms with Crippen LogP contribution in [0.5, 0.6) is 5.75 Å². The first kappa shape index (κ1) is 19.0. The summed E-state index contributed by atoms with van der Waals surface area (Å²) in [7, 11) is 1.59. The second-order valence-corrected chi connectivity index (χ2v) is 5.56. The molecular formula is C18H20N4O4. The van der Waals surface area contributed by atoms with E-state index >= 15 is 0 Å². The van der Waals surface area contributed by atoms with Gasteiger partial charge in [0.1, 0.15) is 23.9 Å². The zero-order valence-corrected chi connectivity index (χ0v) is 14.7. The summed E-state index contributed by atoms with van der Waals surface area (Å²) in [6.45, 7) is 1.95. The Hall–Kier alpha value is -3.34. The molecule has 1 N–H and O–H groups in total. The van der Waals surface area contributed by atoms with Crippen molar-refractivity contribution in [2.75, 3.05) is 13.7 Å². The average Bonchev–Trinajstić information content (AvgIpc) is 2.66. The quantitative estimate of drug-likeness (QED) is 0.766. The highest BCUT2D eigenvalue weighted by atomic mass is 16.5. The number of nitrogens with zero attached hydrogens (tertiary/aromatic N) is 3. The molecule has 0 bridgehead atoms. The number of amides is 1. The van der Waals surface area contributed by atoms with Gasteiger partial charge in [0, 0.05) is 19.3 Å². The van der Waals surface area contributed by atoms with Gasteiger partial charge in [0.2, 0.25) is 5.91 Å². The van der Waals surface area contributed by atoms with E-state index in [1.54, 1.807) is 20.1 Å². The molecule has 0 aliphatic heterocycles. The Bertz CT molecular complexity index is 936. The fraction of sp³-hybridized carbons (Fsp3) is 0.333. The number of nitrogens with one attached hydrogen (secondary N) is 1. The summed E-state index contributed by atoms with van der Waals surface area (Å²) in [5.41, 5.74) is -0.519. The van der Waals surface area contributed by atoms with Gasteiger partial charge in [-0.15, -0.1) is 0 Å². The molecule has 1 amide bonds. The van der Waals surface area contributed by atoms with Gasteiger partial charge in [-0.1, -0.05) is 12.1 Å². The van der Waals surface area contributed by atoms with Crippen LogP contribution in [0.1, 0.15) is 18.1 Å². The van der Waals surface area contributed by atoms with Crippen LogP contribution < -0.4 is 21.3 Å². The topological polar surface area (TPSA) is 106 Å². The molecule has 1 aromatic carbocycles. The van der Waals surface area contributed by atoms with Crippen LogP contribution in [-0.2, 0) is 24.3 Å². The number of aromatic nitrogens is 2. The maximum Gasteiger partial charge on any atom is 0.331 e. The summed E-state index contributed by atoms with van der Waals surface area (Å²) in [4.78, 5) is 36.4. The third kappa shape index (κ3) is 4.39. The minimum absolute atomic E-state index is 0.169. The van der Waals surface area contributed by atoms with Gasteiger partial charge in [0.15, 0.2) is 0 Å². The van der Waals surface area contributed by atoms with Crippen LogP contribution in [-0.4, -0.2) is 28.7 Å². The lowest BCUT2D eigenvalue weighted by Crippen LogP contribution is -2.44. The Labute approximate surface area is 150 Å². The van der Waals surface area contributed by atoms with E-state index in [1.165, 1.54) is 10.8 Å². The van der Waals surface area contributed by atoms with Crippen molar-refractivity contribution in [1.29, 1.82) is 5.26 Å². The molecule has 1 aromatic heterocycles. The SMILES string of the molecule is CCn1cc(C#N)c(=O)n(CC(=O)NCCc2ccc(OC)cc2)c1=O. The van der Waals surface area contributed by atoms with Crippen molar-refractivity contribution in [1.82, 2.24) is 14.5 Å². The molecule has 0 saturated carbocycles. The van der Waals surface area contributed by atoms with Gasteiger partial charge >= 0.3 is 5.69 Å². The molecule has 0 aliphatic rings. The van der Waals surface area contributed by atoms with Crippen LogP contribution >= 0.6 is 0 Å². The molecule has 2 rings (SSSR count). The third-order valence-electron chi connectivity index (χ3n) is 3.89. The van der Waals surface area contributed by atoms with Crippen molar-refractivity contribution in [2.24, 2.45) is 0 Å². The molecule has 8 nitrogen and oxygen atoms in total. The Balaban J connectivity index is 2.02. The molecule has 2 aromatic rings. The average molecular weight is 356 g/mol. The second kappa shape index (κ2) is 8.67. The Morgan fingerprint density at radius 2 is 1.96 bits per heavy atom. The fourth-order valence-electron chi connectivity index (χ4n) is 2.43. The molecular weight excluding hydrogens is 336 g/mol. The van der Waals surface area contributed by atoms with Crippen molar-refractivity contribution in [2.45, 2.75) is 26.4 Å². The number of hydrogen-bond donors (Lipinski definition) is 1. The molecule has 0 fully saturated rings. The largest absolute Gasteiger partial charge is 0.497 e. The van der Waals surface area contributed by atoms with E-state index in [9.17, 15) is 14.4 Å². The molecule has 26 heavy (non-hydrogen) atoms. The van der Waals surface area contributed by atoms with Gasteiger partial charge in [0.05, 0.1) is 7.11 Å². The van der Waals surface area contributed by atoms with Gasteiger partial charge in [-0.25, -0.2) is 9.36 Å². The van der Waals surface area contributed by atoms with Crippen molar-refractivity contribution in [3.63, 3.8) is 0 Å². The first-order valence-corrected chi connectivity index (χ1v) is 8.14. The van der Waals surface area contributed by atoms with E-state index in [2.05, 4.69) is 5.32 Å². The summed E-state index contributed by atoms with van der Waals surface area (Å²) in [5, 5.41) is 11.7. The van der Waals surface area contributed by atoms with Gasteiger partial charge in [-0.05, 0) is 31.0 Å². The Kier molecular flexibility index (Phi) is 6.33. The third-order valence-corrected chi connectivity index (χ3v) is 3.89. The maximum absolute atomic E-state index is 12.2. The predicted molar refractivity (Wildman–Crippen MR) is 95.1 cm³/mol. The highest BCUT2D eigenvalue weighted by molar-refractivity contribution is 5.75. The zero-order valence-electron chi connectivity index (χ0n) is 14.7. The summed E-state index contributed by atoms with van der Waals surface area (Å²) in [6, 6.07) is 9.20. The summed E-state index contributed by atoms with van der Waals surface area (Å²) < 4.78 is 7.09. The van der Waals surface area contributed by atoms with Crippen LogP contribution in [0.25, 0.3) is 0 Å². The number of carbonyl (C=O) groups is 1. The minimum Gasteiger partial charge on any atom is -0.497 e. The number of nitriles is 1. The molecule has 1 heterocycles. The first-order chi connectivity index (χ1) is 12.5. The lowest BCUT2D eigenvalue weighted by molar-refractivity contribution is -0.121. The van der Waals surface area contributed by atoms with Crippen LogP contribution in [0.3, 0.4) is 0 Å². The van der Waals surface area contributed by atoms with Crippen LogP contribution in [0.2, 0.25) is 0 Å². The fourth-order valence-corrected chi connectivity index (χ4v) is 2.43. The van der Waals surface area contributed by atoms with Gasteiger partial charge in [0.25, 0.3) is 5.56 Å². The number of hydrogen-bond acceptors (Lipinski definition) is 5. The van der Waals surface area contributed by atoms with Crippen molar-refractivity contribution < 1.29 is 9.53 Å². The number of benzene rings is 1. The van der Waals surface area contributed by atoms with Crippen LogP contribution in [0.15, 0.2) is 40.1 Å². The number of rotatable bonds is 7. The molecule has 0 spiro atoms. The van der Waals surface area contributed by atoms with Gasteiger partial charge < -0.3 is 10.1 Å². The van der Waals surface area contributed by atoms with Crippen LogP contribution in [0.4, 0.5) is 0 Å². The molecule has 0 radical (unpaired) electrons. The van der Waals surface area contributed by atoms with E-state index in [0.717, 1.165) is 15.9 Å². The summed E-state index contributed by atoms with van der Waals surface area (Å²) in [6.07, 6.45) is 1.81. The maximum atomic E-state index is 12.2. The molecule has 0 saturated heterocycles. The second-order valence-electron chi connectivity index (χ2n) is 5.56. The van der Waals surface area contributed by atoms with Crippen molar-refractivity contribution >= 4 is 5.91 Å². The molecule has 0 aliphatic carbocycles. The monoisotopic (exact) mass is 356 g/mol. The summed E-state index contributed by atoms with van der Waals surface area (Å²) in [5.74, 6) is 0.289. The minimum atomic E-state index is -0.757. The number of ether oxygens (including phenoxy) is 1. The normalized spacial score (nSPS) is 10.2. The van der Waals surface area contributed by atoms with Crippen LogP contribution in [0, 0.1) is 11.3 Å². The van der Waals surface area contributed by atoms with Crippen molar-refractivity contribution in [3.8, 4) is 11.8 Å².